The van der Waals surface area contributed by atoms with E-state index in [2.05, 4.69) is 21.2 Å². The van der Waals surface area contributed by atoms with Crippen LogP contribution < -0.4 is 14.8 Å². The Morgan fingerprint density at radius 3 is 2.65 bits per heavy atom. The van der Waals surface area contributed by atoms with E-state index in [-0.39, 0.29) is 0 Å². The SMILES string of the molecule is COc1cc(OC)c(N[C@H]2CCOC2)cc1Br. The molecule has 1 aromatic carbocycles. The van der Waals surface area contributed by atoms with E-state index in [9.17, 15) is 0 Å². The molecule has 1 aromatic rings. The summed E-state index contributed by atoms with van der Waals surface area (Å²) >= 11 is 3.47. The van der Waals surface area contributed by atoms with Crippen molar-refractivity contribution in [1.29, 1.82) is 0 Å². The lowest BCUT2D eigenvalue weighted by molar-refractivity contribution is 0.195. The Hall–Kier alpha value is -0.940. The Morgan fingerprint density at radius 1 is 1.29 bits per heavy atom. The molecule has 1 aliphatic rings. The van der Waals surface area contributed by atoms with E-state index in [0.717, 1.165) is 41.3 Å². The maximum absolute atomic E-state index is 5.35. The van der Waals surface area contributed by atoms with Gasteiger partial charge >= 0.3 is 0 Å². The van der Waals surface area contributed by atoms with Gasteiger partial charge in [0.2, 0.25) is 0 Å². The number of rotatable bonds is 4. The number of benzene rings is 1. The molecule has 5 heteroatoms. The van der Waals surface area contributed by atoms with Crippen LogP contribution in [-0.4, -0.2) is 33.5 Å². The average molecular weight is 302 g/mol. The van der Waals surface area contributed by atoms with E-state index in [1.165, 1.54) is 0 Å². The van der Waals surface area contributed by atoms with E-state index in [1.54, 1.807) is 14.2 Å². The highest BCUT2D eigenvalue weighted by Gasteiger charge is 2.18. The van der Waals surface area contributed by atoms with Crippen LogP contribution in [0.15, 0.2) is 16.6 Å². The molecule has 1 fully saturated rings. The smallest absolute Gasteiger partial charge is 0.145 e. The summed E-state index contributed by atoms with van der Waals surface area (Å²) in [5.74, 6) is 1.53. The molecule has 0 bridgehead atoms. The molecule has 1 atom stereocenters. The summed E-state index contributed by atoms with van der Waals surface area (Å²) in [5, 5.41) is 3.42. The summed E-state index contributed by atoms with van der Waals surface area (Å²) in [6, 6.07) is 4.18. The van der Waals surface area contributed by atoms with Crippen molar-refractivity contribution < 1.29 is 14.2 Å². The van der Waals surface area contributed by atoms with Gasteiger partial charge in [-0.2, -0.15) is 0 Å². The molecular weight excluding hydrogens is 286 g/mol. The largest absolute Gasteiger partial charge is 0.495 e. The van der Waals surface area contributed by atoms with Crippen molar-refractivity contribution in [1.82, 2.24) is 0 Å². The molecule has 1 heterocycles. The van der Waals surface area contributed by atoms with E-state index < -0.39 is 0 Å². The van der Waals surface area contributed by atoms with Gasteiger partial charge in [-0.3, -0.25) is 0 Å². The maximum Gasteiger partial charge on any atom is 0.145 e. The normalized spacial score (nSPS) is 19.1. The zero-order valence-electron chi connectivity index (χ0n) is 9.96. The summed E-state index contributed by atoms with van der Waals surface area (Å²) in [6.07, 6.45) is 1.02. The highest BCUT2D eigenvalue weighted by Crippen LogP contribution is 2.36. The molecule has 0 saturated carbocycles. The number of hydrogen-bond donors (Lipinski definition) is 1. The predicted octanol–water partition coefficient (Wildman–Crippen LogP) is 2.67. The van der Waals surface area contributed by atoms with Crippen molar-refractivity contribution in [2.45, 2.75) is 12.5 Å². The minimum atomic E-state index is 0.351. The first kappa shape index (κ1) is 12.5. The van der Waals surface area contributed by atoms with Crippen molar-refractivity contribution in [3.05, 3.63) is 16.6 Å². The van der Waals surface area contributed by atoms with Crippen LogP contribution in [-0.2, 0) is 4.74 Å². The lowest BCUT2D eigenvalue weighted by Crippen LogP contribution is -2.19. The van der Waals surface area contributed by atoms with Crippen LogP contribution in [0.4, 0.5) is 5.69 Å². The lowest BCUT2D eigenvalue weighted by atomic mass is 10.2. The Balaban J connectivity index is 2.22. The number of ether oxygens (including phenoxy) is 3. The van der Waals surface area contributed by atoms with Gasteiger partial charge in [0.25, 0.3) is 0 Å². The zero-order valence-corrected chi connectivity index (χ0v) is 11.5. The van der Waals surface area contributed by atoms with Gasteiger partial charge < -0.3 is 19.5 Å². The lowest BCUT2D eigenvalue weighted by Gasteiger charge is -2.17. The van der Waals surface area contributed by atoms with E-state index in [0.29, 0.717) is 6.04 Å². The molecule has 2 rings (SSSR count). The number of hydrogen-bond acceptors (Lipinski definition) is 4. The molecule has 1 N–H and O–H groups in total. The molecule has 17 heavy (non-hydrogen) atoms. The van der Waals surface area contributed by atoms with Crippen LogP contribution in [0.5, 0.6) is 11.5 Å². The van der Waals surface area contributed by atoms with Gasteiger partial charge in [0.1, 0.15) is 11.5 Å². The number of nitrogens with one attached hydrogen (secondary N) is 1. The second kappa shape index (κ2) is 5.60. The average Bonchev–Trinajstić information content (AvgIpc) is 2.82. The third-order valence-corrected chi connectivity index (χ3v) is 3.38. The molecule has 0 aliphatic carbocycles. The van der Waals surface area contributed by atoms with Gasteiger partial charge in [0.15, 0.2) is 0 Å². The van der Waals surface area contributed by atoms with E-state index in [1.807, 2.05) is 12.1 Å². The van der Waals surface area contributed by atoms with Crippen LogP contribution in [0.25, 0.3) is 0 Å². The molecule has 0 amide bonds. The summed E-state index contributed by atoms with van der Waals surface area (Å²) in [5.41, 5.74) is 0.954. The van der Waals surface area contributed by atoms with Crippen LogP contribution in [0.2, 0.25) is 0 Å². The summed E-state index contributed by atoms with van der Waals surface area (Å²) in [6.45, 7) is 1.56. The Bertz CT molecular complexity index is 392. The van der Waals surface area contributed by atoms with Gasteiger partial charge in [-0.25, -0.2) is 0 Å². The Labute approximate surface area is 109 Å². The van der Waals surface area contributed by atoms with Crippen LogP contribution in [0.3, 0.4) is 0 Å². The van der Waals surface area contributed by atoms with Crippen LogP contribution in [0, 0.1) is 0 Å². The van der Waals surface area contributed by atoms with Crippen molar-refractivity contribution in [2.75, 3.05) is 32.8 Å². The fourth-order valence-electron chi connectivity index (χ4n) is 1.84. The van der Waals surface area contributed by atoms with Crippen molar-refractivity contribution in [3.8, 4) is 11.5 Å². The van der Waals surface area contributed by atoms with Gasteiger partial charge in [0, 0.05) is 12.7 Å². The number of methoxy groups -OCH3 is 2. The molecule has 0 radical (unpaired) electrons. The van der Waals surface area contributed by atoms with Crippen molar-refractivity contribution in [3.63, 3.8) is 0 Å². The minimum Gasteiger partial charge on any atom is -0.495 e. The third kappa shape index (κ3) is 2.84. The fraction of sp³-hybridized carbons (Fsp3) is 0.500. The molecule has 1 aliphatic heterocycles. The summed E-state index contributed by atoms with van der Waals surface area (Å²) in [7, 11) is 3.29. The number of halogens is 1. The molecule has 0 aromatic heterocycles. The van der Waals surface area contributed by atoms with E-state index >= 15 is 0 Å². The highest BCUT2D eigenvalue weighted by molar-refractivity contribution is 9.10. The van der Waals surface area contributed by atoms with E-state index in [4.69, 9.17) is 14.2 Å². The second-order valence-electron chi connectivity index (χ2n) is 3.89. The van der Waals surface area contributed by atoms with Gasteiger partial charge in [0.05, 0.1) is 37.0 Å². The van der Waals surface area contributed by atoms with Gasteiger partial charge in [-0.1, -0.05) is 0 Å². The Kier molecular flexibility index (Phi) is 4.12. The minimum absolute atomic E-state index is 0.351. The van der Waals surface area contributed by atoms with Crippen molar-refractivity contribution >= 4 is 21.6 Å². The monoisotopic (exact) mass is 301 g/mol. The molecule has 1 saturated heterocycles. The number of anilines is 1. The summed E-state index contributed by atoms with van der Waals surface area (Å²) in [4.78, 5) is 0. The standard InChI is InChI=1S/C12H16BrNO3/c1-15-11-6-12(16-2)10(5-9(11)13)14-8-3-4-17-7-8/h5-6,8,14H,3-4,7H2,1-2H3/t8-/m0/s1. The Morgan fingerprint density at radius 2 is 2.06 bits per heavy atom. The van der Waals surface area contributed by atoms with Gasteiger partial charge in [-0.15, -0.1) is 0 Å². The quantitative estimate of drug-likeness (QED) is 0.928. The molecular formula is C12H16BrNO3. The first-order valence-electron chi connectivity index (χ1n) is 5.50. The maximum atomic E-state index is 5.35. The predicted molar refractivity (Wildman–Crippen MR) is 70.1 cm³/mol. The molecule has 4 nitrogen and oxygen atoms in total. The molecule has 0 spiro atoms. The first-order chi connectivity index (χ1) is 8.24. The molecule has 94 valence electrons. The second-order valence-corrected chi connectivity index (χ2v) is 4.75. The van der Waals surface area contributed by atoms with Crippen LogP contribution in [0.1, 0.15) is 6.42 Å². The molecule has 0 unspecified atom stereocenters. The fourth-order valence-corrected chi connectivity index (χ4v) is 2.35. The third-order valence-electron chi connectivity index (χ3n) is 2.76. The van der Waals surface area contributed by atoms with Gasteiger partial charge in [-0.05, 0) is 28.4 Å². The summed E-state index contributed by atoms with van der Waals surface area (Å²) < 4.78 is 16.8. The highest BCUT2D eigenvalue weighted by atomic mass is 79.9. The zero-order chi connectivity index (χ0) is 12.3. The van der Waals surface area contributed by atoms with Crippen molar-refractivity contribution in [2.24, 2.45) is 0 Å². The first-order valence-corrected chi connectivity index (χ1v) is 6.29. The topological polar surface area (TPSA) is 39.7 Å². The van der Waals surface area contributed by atoms with Crippen LogP contribution >= 0.6 is 15.9 Å².